The van der Waals surface area contributed by atoms with Crippen molar-refractivity contribution in [3.63, 3.8) is 0 Å². The molecule has 5 heteroatoms. The van der Waals surface area contributed by atoms with Crippen molar-refractivity contribution in [1.82, 2.24) is 0 Å². The molecule has 88 valence electrons. The number of rotatable bonds is 3. The minimum absolute atomic E-state index is 0.0672. The van der Waals surface area contributed by atoms with Gasteiger partial charge in [-0.05, 0) is 12.1 Å². The number of benzene rings is 1. The Morgan fingerprint density at radius 3 is 2.56 bits per heavy atom. The third-order valence-corrected chi connectivity index (χ3v) is 2.63. The Morgan fingerprint density at radius 2 is 2.06 bits per heavy atom. The summed E-state index contributed by atoms with van der Waals surface area (Å²) in [5.41, 5.74) is -1.09. The van der Waals surface area contributed by atoms with Gasteiger partial charge < -0.3 is 10.2 Å². The second kappa shape index (κ2) is 4.29. The van der Waals surface area contributed by atoms with Gasteiger partial charge in [0, 0.05) is 11.0 Å². The van der Waals surface area contributed by atoms with Crippen molar-refractivity contribution in [2.75, 3.05) is 0 Å². The van der Waals surface area contributed by atoms with E-state index in [0.29, 0.717) is 0 Å². The molecule has 1 rings (SSSR count). The lowest BCUT2D eigenvalue weighted by Gasteiger charge is -2.24. The minimum atomic E-state index is -1.07. The van der Waals surface area contributed by atoms with Gasteiger partial charge in [-0.25, -0.2) is 4.39 Å². The number of hydrogen-bond acceptors (Lipinski definition) is 2. The number of phenols is 1. The van der Waals surface area contributed by atoms with Crippen LogP contribution < -0.4 is 0 Å². The van der Waals surface area contributed by atoms with E-state index in [9.17, 15) is 14.3 Å². The second-order valence-corrected chi connectivity index (χ2v) is 4.62. The number of carboxylic acids is 1. The molecule has 0 fully saturated rings. The lowest BCUT2D eigenvalue weighted by molar-refractivity contribution is -0.138. The predicted molar refractivity (Wildman–Crippen MR) is 58.4 cm³/mol. The van der Waals surface area contributed by atoms with Gasteiger partial charge >= 0.3 is 5.97 Å². The fourth-order valence-electron chi connectivity index (χ4n) is 1.65. The highest BCUT2D eigenvalue weighted by molar-refractivity contribution is 6.30. The van der Waals surface area contributed by atoms with E-state index in [-0.39, 0.29) is 22.8 Å². The van der Waals surface area contributed by atoms with Crippen molar-refractivity contribution < 1.29 is 19.4 Å². The van der Waals surface area contributed by atoms with E-state index in [2.05, 4.69) is 0 Å². The standard InChI is InChI=1S/C11H12ClFO3/c1-11(2,5-8(15)16)9-7(14)4-3-6(12)10(9)13/h3-4,14H,5H2,1-2H3,(H,15,16). The molecule has 0 spiro atoms. The van der Waals surface area contributed by atoms with Crippen LogP contribution in [0.25, 0.3) is 0 Å². The quantitative estimate of drug-likeness (QED) is 0.862. The number of hydrogen-bond donors (Lipinski definition) is 2. The SMILES string of the molecule is CC(C)(CC(=O)O)c1c(O)ccc(Cl)c1F. The summed E-state index contributed by atoms with van der Waals surface area (Å²) >= 11 is 5.59. The van der Waals surface area contributed by atoms with Crippen LogP contribution in [0.15, 0.2) is 12.1 Å². The van der Waals surface area contributed by atoms with E-state index in [4.69, 9.17) is 16.7 Å². The highest BCUT2D eigenvalue weighted by Crippen LogP contribution is 2.38. The van der Waals surface area contributed by atoms with Gasteiger partial charge in [0.05, 0.1) is 11.4 Å². The van der Waals surface area contributed by atoms with Crippen LogP contribution in [0.3, 0.4) is 0 Å². The van der Waals surface area contributed by atoms with Crippen molar-refractivity contribution >= 4 is 17.6 Å². The first-order chi connectivity index (χ1) is 7.25. The number of aromatic hydroxyl groups is 1. The Bertz CT molecular complexity index is 429. The molecule has 0 saturated carbocycles. The molecule has 0 radical (unpaired) electrons. The van der Waals surface area contributed by atoms with Crippen LogP contribution >= 0.6 is 11.6 Å². The van der Waals surface area contributed by atoms with Crippen molar-refractivity contribution in [2.45, 2.75) is 25.7 Å². The van der Waals surface area contributed by atoms with E-state index in [1.165, 1.54) is 26.0 Å². The van der Waals surface area contributed by atoms with Crippen molar-refractivity contribution in [3.8, 4) is 5.75 Å². The normalized spacial score (nSPS) is 11.5. The van der Waals surface area contributed by atoms with Gasteiger partial charge in [0.1, 0.15) is 11.6 Å². The molecular formula is C11H12ClFO3. The summed E-state index contributed by atoms with van der Waals surface area (Å²) in [4.78, 5) is 10.7. The molecule has 0 bridgehead atoms. The van der Waals surface area contributed by atoms with E-state index < -0.39 is 17.2 Å². The molecule has 1 aromatic rings. The summed E-state index contributed by atoms with van der Waals surface area (Å²) in [6.45, 7) is 3.07. The minimum Gasteiger partial charge on any atom is -0.508 e. The Balaban J connectivity index is 3.31. The van der Waals surface area contributed by atoms with Gasteiger partial charge in [-0.2, -0.15) is 0 Å². The zero-order valence-corrected chi connectivity index (χ0v) is 9.68. The topological polar surface area (TPSA) is 57.5 Å². The smallest absolute Gasteiger partial charge is 0.304 e. The third-order valence-electron chi connectivity index (χ3n) is 2.34. The maximum Gasteiger partial charge on any atom is 0.304 e. The van der Waals surface area contributed by atoms with Crippen LogP contribution in [0.5, 0.6) is 5.75 Å². The highest BCUT2D eigenvalue weighted by atomic mass is 35.5. The lowest BCUT2D eigenvalue weighted by Crippen LogP contribution is -2.23. The summed E-state index contributed by atoms with van der Waals surface area (Å²) in [6.07, 6.45) is -0.294. The average Bonchev–Trinajstić information content (AvgIpc) is 2.09. The molecule has 0 amide bonds. The fourth-order valence-corrected chi connectivity index (χ4v) is 1.81. The molecule has 2 N–H and O–H groups in total. The molecule has 0 aliphatic rings. The Kier molecular flexibility index (Phi) is 3.43. The summed E-state index contributed by atoms with van der Waals surface area (Å²) in [5.74, 6) is -2.12. The molecule has 1 aromatic carbocycles. The summed E-state index contributed by atoms with van der Waals surface area (Å²) in [5, 5.41) is 18.2. The fraction of sp³-hybridized carbons (Fsp3) is 0.364. The lowest BCUT2D eigenvalue weighted by atomic mass is 9.80. The van der Waals surface area contributed by atoms with Crippen LogP contribution in [0.2, 0.25) is 5.02 Å². The molecule has 0 saturated heterocycles. The molecule has 0 heterocycles. The van der Waals surface area contributed by atoms with Gasteiger partial charge in [0.15, 0.2) is 0 Å². The van der Waals surface area contributed by atoms with E-state index in [1.807, 2.05) is 0 Å². The van der Waals surface area contributed by atoms with Crippen molar-refractivity contribution in [3.05, 3.63) is 28.5 Å². The van der Waals surface area contributed by atoms with Crippen LogP contribution in [0.4, 0.5) is 4.39 Å². The van der Waals surface area contributed by atoms with E-state index in [1.54, 1.807) is 0 Å². The summed E-state index contributed by atoms with van der Waals surface area (Å²) < 4.78 is 13.7. The predicted octanol–water partition coefficient (Wildman–Crippen LogP) is 2.94. The maximum atomic E-state index is 13.7. The van der Waals surface area contributed by atoms with E-state index in [0.717, 1.165) is 0 Å². The van der Waals surface area contributed by atoms with Gasteiger partial charge in [-0.15, -0.1) is 0 Å². The molecule has 0 aliphatic carbocycles. The number of phenolic OH excluding ortho intramolecular Hbond substituents is 1. The zero-order chi connectivity index (χ0) is 12.5. The molecule has 0 aliphatic heterocycles. The number of carbonyl (C=O) groups is 1. The molecule has 16 heavy (non-hydrogen) atoms. The first kappa shape index (κ1) is 12.8. The molecule has 3 nitrogen and oxygen atoms in total. The molecule has 0 atom stereocenters. The van der Waals surface area contributed by atoms with Gasteiger partial charge in [0.2, 0.25) is 0 Å². The van der Waals surface area contributed by atoms with Crippen molar-refractivity contribution in [2.24, 2.45) is 0 Å². The Labute approximate surface area is 97.5 Å². The maximum absolute atomic E-state index is 13.7. The highest BCUT2D eigenvalue weighted by Gasteiger charge is 2.31. The van der Waals surface area contributed by atoms with Crippen LogP contribution in [-0.4, -0.2) is 16.2 Å². The van der Waals surface area contributed by atoms with Gasteiger partial charge in [-0.3, -0.25) is 4.79 Å². The van der Waals surface area contributed by atoms with Gasteiger partial charge in [0.25, 0.3) is 0 Å². The first-order valence-corrected chi connectivity index (χ1v) is 5.03. The monoisotopic (exact) mass is 246 g/mol. The summed E-state index contributed by atoms with van der Waals surface area (Å²) in [7, 11) is 0. The second-order valence-electron chi connectivity index (χ2n) is 4.21. The number of carboxylic acid groups (broad SMARTS) is 1. The first-order valence-electron chi connectivity index (χ1n) is 4.65. The average molecular weight is 247 g/mol. The molecule has 0 aromatic heterocycles. The summed E-state index contributed by atoms with van der Waals surface area (Å²) in [6, 6.07) is 2.48. The number of halogens is 2. The largest absolute Gasteiger partial charge is 0.508 e. The molecule has 0 unspecified atom stereocenters. The van der Waals surface area contributed by atoms with E-state index >= 15 is 0 Å². The number of aliphatic carboxylic acids is 1. The van der Waals surface area contributed by atoms with Crippen LogP contribution in [-0.2, 0) is 10.2 Å². The Morgan fingerprint density at radius 1 is 1.50 bits per heavy atom. The zero-order valence-electron chi connectivity index (χ0n) is 8.92. The van der Waals surface area contributed by atoms with Crippen LogP contribution in [0.1, 0.15) is 25.8 Å². The van der Waals surface area contributed by atoms with Gasteiger partial charge in [-0.1, -0.05) is 25.4 Å². The van der Waals surface area contributed by atoms with Crippen LogP contribution in [0, 0.1) is 5.82 Å². The molecular weight excluding hydrogens is 235 g/mol. The van der Waals surface area contributed by atoms with Crippen molar-refractivity contribution in [1.29, 1.82) is 0 Å². The third kappa shape index (κ3) is 2.44. The Hall–Kier alpha value is -1.29.